The lowest BCUT2D eigenvalue weighted by Gasteiger charge is -2.24. The molecular formula is C24H18ClFN2O4. The summed E-state index contributed by atoms with van der Waals surface area (Å²) in [4.78, 5) is 31.6. The van der Waals surface area contributed by atoms with Crippen LogP contribution in [0, 0.1) is 5.82 Å². The third kappa shape index (κ3) is 3.94. The van der Waals surface area contributed by atoms with Gasteiger partial charge in [0.15, 0.2) is 0 Å². The number of rotatable bonds is 5. The number of ether oxygens (including phenoxy) is 1. The molecule has 2 aromatic carbocycles. The zero-order valence-electron chi connectivity index (χ0n) is 17.0. The monoisotopic (exact) mass is 452 g/mol. The first-order valence-electron chi connectivity index (χ1n) is 9.68. The summed E-state index contributed by atoms with van der Waals surface area (Å²) < 4.78 is 18.4. The van der Waals surface area contributed by atoms with E-state index in [0.29, 0.717) is 17.0 Å². The van der Waals surface area contributed by atoms with Crippen LogP contribution in [0.25, 0.3) is 5.76 Å². The van der Waals surface area contributed by atoms with Crippen molar-refractivity contribution in [3.8, 4) is 5.75 Å². The highest BCUT2D eigenvalue weighted by atomic mass is 35.5. The molecule has 1 fully saturated rings. The Morgan fingerprint density at radius 3 is 2.53 bits per heavy atom. The van der Waals surface area contributed by atoms with E-state index >= 15 is 0 Å². The van der Waals surface area contributed by atoms with Crippen LogP contribution in [0.15, 0.2) is 72.4 Å². The van der Waals surface area contributed by atoms with Crippen molar-refractivity contribution in [2.45, 2.75) is 12.6 Å². The number of carbonyl (C=O) groups is 2. The van der Waals surface area contributed by atoms with Crippen molar-refractivity contribution < 1.29 is 23.8 Å². The lowest BCUT2D eigenvalue weighted by Crippen LogP contribution is -2.29. The number of hydrogen-bond donors (Lipinski definition) is 1. The fraction of sp³-hybridized carbons (Fsp3) is 0.125. The van der Waals surface area contributed by atoms with E-state index in [4.69, 9.17) is 16.3 Å². The Bertz CT molecular complexity index is 1210. The standard InChI is InChI=1S/C24H18ClFN2O4/c1-32-19-10-7-15(12-17(19)25)22(29)20-21(18-4-2-3-11-27-18)28(24(31)23(20)30)13-14-5-8-16(26)9-6-14/h2-12,21,29H,13H2,1H3/b22-20-. The third-order valence-corrected chi connectivity index (χ3v) is 5.49. The molecule has 162 valence electrons. The normalized spacial score (nSPS) is 17.6. The Balaban J connectivity index is 1.84. The highest BCUT2D eigenvalue weighted by Gasteiger charge is 2.46. The van der Waals surface area contributed by atoms with Crippen molar-refractivity contribution in [2.24, 2.45) is 0 Å². The molecule has 0 saturated carbocycles. The molecule has 1 aliphatic rings. The first kappa shape index (κ1) is 21.5. The largest absolute Gasteiger partial charge is 0.507 e. The van der Waals surface area contributed by atoms with E-state index in [1.54, 1.807) is 30.3 Å². The summed E-state index contributed by atoms with van der Waals surface area (Å²) in [7, 11) is 1.46. The van der Waals surface area contributed by atoms with Crippen molar-refractivity contribution in [1.29, 1.82) is 0 Å². The highest BCUT2D eigenvalue weighted by Crippen LogP contribution is 2.40. The van der Waals surface area contributed by atoms with Gasteiger partial charge in [0.05, 0.1) is 23.4 Å². The number of aliphatic hydroxyl groups is 1. The maximum Gasteiger partial charge on any atom is 0.296 e. The van der Waals surface area contributed by atoms with Gasteiger partial charge in [-0.3, -0.25) is 14.6 Å². The van der Waals surface area contributed by atoms with Crippen LogP contribution in [0.5, 0.6) is 5.75 Å². The highest BCUT2D eigenvalue weighted by molar-refractivity contribution is 6.46. The molecule has 0 aliphatic carbocycles. The molecule has 3 aromatic rings. The number of halogens is 2. The first-order valence-corrected chi connectivity index (χ1v) is 10.1. The van der Waals surface area contributed by atoms with Gasteiger partial charge in [-0.25, -0.2) is 4.39 Å². The Morgan fingerprint density at radius 2 is 1.91 bits per heavy atom. The second-order valence-electron chi connectivity index (χ2n) is 7.16. The second-order valence-corrected chi connectivity index (χ2v) is 7.56. The fourth-order valence-corrected chi connectivity index (χ4v) is 3.90. The molecule has 4 rings (SSSR count). The summed E-state index contributed by atoms with van der Waals surface area (Å²) in [5.74, 6) is -2.00. The number of carbonyl (C=O) groups excluding carboxylic acids is 2. The van der Waals surface area contributed by atoms with E-state index in [-0.39, 0.29) is 28.5 Å². The summed E-state index contributed by atoms with van der Waals surface area (Å²) in [5.41, 5.74) is 1.20. The maximum absolute atomic E-state index is 13.3. The van der Waals surface area contributed by atoms with Crippen LogP contribution in [-0.4, -0.2) is 33.8 Å². The second kappa shape index (κ2) is 8.80. The van der Waals surface area contributed by atoms with Gasteiger partial charge in [0.1, 0.15) is 23.4 Å². The maximum atomic E-state index is 13.3. The quantitative estimate of drug-likeness (QED) is 0.350. The van der Waals surface area contributed by atoms with E-state index in [1.165, 1.54) is 48.5 Å². The molecule has 2 heterocycles. The van der Waals surface area contributed by atoms with Crippen LogP contribution < -0.4 is 4.74 Å². The van der Waals surface area contributed by atoms with Crippen molar-refractivity contribution in [2.75, 3.05) is 7.11 Å². The van der Waals surface area contributed by atoms with Gasteiger partial charge in [0, 0.05) is 18.3 Å². The van der Waals surface area contributed by atoms with Crippen LogP contribution in [0.1, 0.15) is 22.9 Å². The Hall–Kier alpha value is -3.71. The molecule has 32 heavy (non-hydrogen) atoms. The van der Waals surface area contributed by atoms with Crippen molar-refractivity contribution in [3.05, 3.63) is 100 Å². The molecule has 1 N–H and O–H groups in total. The summed E-state index contributed by atoms with van der Waals surface area (Å²) in [6.45, 7) is 0.0340. The molecule has 1 aliphatic heterocycles. The molecular weight excluding hydrogens is 435 g/mol. The molecule has 0 radical (unpaired) electrons. The summed E-state index contributed by atoms with van der Waals surface area (Å²) in [5, 5.41) is 11.3. The van der Waals surface area contributed by atoms with Gasteiger partial charge in [-0.05, 0) is 48.0 Å². The van der Waals surface area contributed by atoms with Gasteiger partial charge >= 0.3 is 0 Å². The smallest absolute Gasteiger partial charge is 0.296 e. The number of aromatic nitrogens is 1. The number of methoxy groups -OCH3 is 1. The van der Waals surface area contributed by atoms with E-state index in [9.17, 15) is 19.1 Å². The van der Waals surface area contributed by atoms with Crippen molar-refractivity contribution in [3.63, 3.8) is 0 Å². The molecule has 1 unspecified atom stereocenters. The zero-order chi connectivity index (χ0) is 22.8. The van der Waals surface area contributed by atoms with Gasteiger partial charge in [0.25, 0.3) is 11.7 Å². The molecule has 0 spiro atoms. The summed E-state index contributed by atoms with van der Waals surface area (Å²) in [6, 6.07) is 14.4. The van der Waals surface area contributed by atoms with Gasteiger partial charge < -0.3 is 14.7 Å². The van der Waals surface area contributed by atoms with Crippen LogP contribution in [0.4, 0.5) is 4.39 Å². The summed E-state index contributed by atoms with van der Waals surface area (Å²) in [6.07, 6.45) is 1.54. The van der Waals surface area contributed by atoms with E-state index < -0.39 is 23.5 Å². The van der Waals surface area contributed by atoms with Crippen LogP contribution in [0.2, 0.25) is 5.02 Å². The topological polar surface area (TPSA) is 79.7 Å². The van der Waals surface area contributed by atoms with Gasteiger partial charge in [0.2, 0.25) is 0 Å². The number of pyridine rings is 1. The van der Waals surface area contributed by atoms with Gasteiger partial charge in [-0.1, -0.05) is 29.8 Å². The predicted octanol–water partition coefficient (Wildman–Crippen LogP) is 4.50. The minimum Gasteiger partial charge on any atom is -0.507 e. The molecule has 6 nitrogen and oxygen atoms in total. The lowest BCUT2D eigenvalue weighted by atomic mass is 9.98. The number of hydrogen-bond acceptors (Lipinski definition) is 5. The van der Waals surface area contributed by atoms with Gasteiger partial charge in [-0.2, -0.15) is 0 Å². The zero-order valence-corrected chi connectivity index (χ0v) is 17.7. The van der Waals surface area contributed by atoms with Crippen molar-refractivity contribution in [1.82, 2.24) is 9.88 Å². The minimum atomic E-state index is -0.929. The van der Waals surface area contributed by atoms with Crippen LogP contribution >= 0.6 is 11.6 Å². The molecule has 0 bridgehead atoms. The van der Waals surface area contributed by atoms with Gasteiger partial charge in [-0.15, -0.1) is 0 Å². The van der Waals surface area contributed by atoms with Crippen LogP contribution in [-0.2, 0) is 16.1 Å². The number of ketones is 1. The number of amides is 1. The molecule has 8 heteroatoms. The number of Topliss-reactive ketones (excluding diaryl/α,β-unsaturated/α-hetero) is 1. The minimum absolute atomic E-state index is 0.0340. The number of nitrogens with zero attached hydrogens (tertiary/aromatic N) is 2. The fourth-order valence-electron chi connectivity index (χ4n) is 3.64. The number of likely N-dealkylation sites (tertiary alicyclic amines) is 1. The van der Waals surface area contributed by atoms with E-state index in [2.05, 4.69) is 4.98 Å². The Morgan fingerprint density at radius 1 is 1.16 bits per heavy atom. The molecule has 1 aromatic heterocycles. The molecule has 1 saturated heterocycles. The molecule has 1 atom stereocenters. The van der Waals surface area contributed by atoms with Crippen LogP contribution in [0.3, 0.4) is 0 Å². The average Bonchev–Trinajstić information content (AvgIpc) is 3.05. The first-order chi connectivity index (χ1) is 15.4. The SMILES string of the molecule is COc1ccc(/C(O)=C2/C(=O)C(=O)N(Cc3ccc(F)cc3)C2c2ccccn2)cc1Cl. The molecule has 1 amide bonds. The van der Waals surface area contributed by atoms with Crippen molar-refractivity contribution >= 4 is 29.1 Å². The predicted molar refractivity (Wildman–Crippen MR) is 116 cm³/mol. The summed E-state index contributed by atoms with van der Waals surface area (Å²) >= 11 is 6.18. The number of benzene rings is 2. The number of aliphatic hydroxyl groups excluding tert-OH is 1. The van der Waals surface area contributed by atoms with E-state index in [1.807, 2.05) is 0 Å². The van der Waals surface area contributed by atoms with E-state index in [0.717, 1.165) is 0 Å². The average molecular weight is 453 g/mol. The third-order valence-electron chi connectivity index (χ3n) is 5.20. The lowest BCUT2D eigenvalue weighted by molar-refractivity contribution is -0.140. The Labute approximate surface area is 188 Å². The Kier molecular flexibility index (Phi) is 5.92.